The van der Waals surface area contributed by atoms with Gasteiger partial charge in [0.05, 0.1) is 25.3 Å². The summed E-state index contributed by atoms with van der Waals surface area (Å²) >= 11 is 1.69. The molecule has 0 saturated carbocycles. The number of amides is 1. The number of rotatable bonds is 3. The first-order valence-corrected chi connectivity index (χ1v) is 8.29. The predicted octanol–water partition coefficient (Wildman–Crippen LogP) is 2.24. The van der Waals surface area contributed by atoms with Gasteiger partial charge in [0.2, 0.25) is 5.91 Å². The summed E-state index contributed by atoms with van der Waals surface area (Å²) in [5.74, 6) is 1.06. The Balaban J connectivity index is 1.67. The Labute approximate surface area is 134 Å². The third-order valence-electron chi connectivity index (χ3n) is 3.86. The van der Waals surface area contributed by atoms with E-state index in [2.05, 4.69) is 18.0 Å². The number of imidazole rings is 1. The molecule has 22 heavy (non-hydrogen) atoms. The van der Waals surface area contributed by atoms with Gasteiger partial charge in [-0.2, -0.15) is 0 Å². The molecule has 2 aromatic heterocycles. The van der Waals surface area contributed by atoms with Gasteiger partial charge in [-0.05, 0) is 26.0 Å². The normalized spacial score (nSPS) is 18.7. The highest BCUT2D eigenvalue weighted by Crippen LogP contribution is 2.23. The second kappa shape index (κ2) is 6.22. The summed E-state index contributed by atoms with van der Waals surface area (Å²) in [6.07, 6.45) is 2.32. The zero-order chi connectivity index (χ0) is 15.7. The molecule has 3 rings (SSSR count). The number of aryl methyl sites for hydroxylation is 3. The van der Waals surface area contributed by atoms with Crippen molar-refractivity contribution in [1.82, 2.24) is 14.5 Å². The number of thiophene rings is 1. The Morgan fingerprint density at radius 3 is 2.91 bits per heavy atom. The van der Waals surface area contributed by atoms with Crippen LogP contribution in [-0.4, -0.2) is 40.1 Å². The molecule has 1 amide bonds. The molecule has 0 spiro atoms. The molecule has 118 valence electrons. The Morgan fingerprint density at radius 2 is 2.27 bits per heavy atom. The van der Waals surface area contributed by atoms with Crippen molar-refractivity contribution in [2.24, 2.45) is 7.05 Å². The minimum atomic E-state index is -0.138. The third-order valence-corrected chi connectivity index (χ3v) is 4.86. The maximum absolute atomic E-state index is 12.5. The van der Waals surface area contributed by atoms with Crippen LogP contribution in [0.5, 0.6) is 0 Å². The fraction of sp³-hybridized carbons (Fsp3) is 0.500. The Hall–Kier alpha value is -1.66. The van der Waals surface area contributed by atoms with Crippen LogP contribution in [0.1, 0.15) is 27.4 Å². The van der Waals surface area contributed by atoms with Crippen LogP contribution in [-0.2, 0) is 23.0 Å². The van der Waals surface area contributed by atoms with E-state index in [0.29, 0.717) is 26.1 Å². The van der Waals surface area contributed by atoms with Crippen molar-refractivity contribution in [2.75, 3.05) is 19.7 Å². The van der Waals surface area contributed by atoms with Gasteiger partial charge < -0.3 is 14.2 Å². The van der Waals surface area contributed by atoms with Crippen LogP contribution in [0.2, 0.25) is 0 Å². The standard InChI is InChI=1S/C16H21N3O2S/c1-11-9-18(3)16(17-11)14-10-19(6-7-21-14)15(20)8-13-5-4-12(2)22-13/h4-5,9,14H,6-8,10H2,1-3H3/t14-/m1/s1. The molecule has 0 aromatic carbocycles. The SMILES string of the molecule is Cc1cn(C)c([C@H]2CN(C(=O)Cc3ccc(C)s3)CCO2)n1. The minimum Gasteiger partial charge on any atom is -0.367 e. The molecule has 0 radical (unpaired) electrons. The molecule has 1 aliphatic heterocycles. The molecule has 0 bridgehead atoms. The molecule has 0 N–H and O–H groups in total. The van der Waals surface area contributed by atoms with E-state index >= 15 is 0 Å². The number of carbonyl (C=O) groups is 1. The van der Waals surface area contributed by atoms with Crippen molar-refractivity contribution >= 4 is 17.2 Å². The van der Waals surface area contributed by atoms with Crippen molar-refractivity contribution in [3.63, 3.8) is 0 Å². The monoisotopic (exact) mass is 319 g/mol. The highest BCUT2D eigenvalue weighted by atomic mass is 32.1. The maximum atomic E-state index is 12.5. The number of ether oxygens (including phenoxy) is 1. The maximum Gasteiger partial charge on any atom is 0.228 e. The molecule has 1 saturated heterocycles. The summed E-state index contributed by atoms with van der Waals surface area (Å²) < 4.78 is 7.80. The zero-order valence-electron chi connectivity index (χ0n) is 13.2. The van der Waals surface area contributed by atoms with Crippen molar-refractivity contribution < 1.29 is 9.53 Å². The summed E-state index contributed by atoms with van der Waals surface area (Å²) in [6.45, 7) is 5.82. The summed E-state index contributed by atoms with van der Waals surface area (Å²) in [5, 5.41) is 0. The Bertz CT molecular complexity index is 677. The highest BCUT2D eigenvalue weighted by molar-refractivity contribution is 7.12. The van der Waals surface area contributed by atoms with Gasteiger partial charge in [-0.3, -0.25) is 4.79 Å². The molecule has 0 unspecified atom stereocenters. The van der Waals surface area contributed by atoms with E-state index in [0.717, 1.165) is 16.4 Å². The molecule has 2 aromatic rings. The van der Waals surface area contributed by atoms with E-state index in [1.165, 1.54) is 4.88 Å². The molecule has 1 aliphatic rings. The van der Waals surface area contributed by atoms with Gasteiger partial charge in [-0.25, -0.2) is 4.98 Å². The molecule has 1 atom stereocenters. The fourth-order valence-electron chi connectivity index (χ4n) is 2.81. The summed E-state index contributed by atoms with van der Waals surface area (Å²) in [7, 11) is 1.97. The van der Waals surface area contributed by atoms with Crippen molar-refractivity contribution in [2.45, 2.75) is 26.4 Å². The lowest BCUT2D eigenvalue weighted by Crippen LogP contribution is -2.43. The van der Waals surface area contributed by atoms with E-state index in [1.807, 2.05) is 35.7 Å². The van der Waals surface area contributed by atoms with Crippen LogP contribution in [0.25, 0.3) is 0 Å². The molecule has 0 aliphatic carbocycles. The van der Waals surface area contributed by atoms with Gasteiger partial charge in [0, 0.05) is 29.5 Å². The second-order valence-electron chi connectivity index (χ2n) is 5.74. The van der Waals surface area contributed by atoms with Gasteiger partial charge in [0.25, 0.3) is 0 Å². The Kier molecular flexibility index (Phi) is 4.31. The number of hydrogen-bond acceptors (Lipinski definition) is 4. The number of aromatic nitrogens is 2. The van der Waals surface area contributed by atoms with Gasteiger partial charge in [0.1, 0.15) is 11.9 Å². The van der Waals surface area contributed by atoms with E-state index in [4.69, 9.17) is 4.74 Å². The lowest BCUT2D eigenvalue weighted by Gasteiger charge is -2.32. The van der Waals surface area contributed by atoms with E-state index < -0.39 is 0 Å². The van der Waals surface area contributed by atoms with Crippen LogP contribution in [0.4, 0.5) is 0 Å². The summed E-state index contributed by atoms with van der Waals surface area (Å²) in [6, 6.07) is 4.10. The minimum absolute atomic E-state index is 0.138. The van der Waals surface area contributed by atoms with E-state index in [-0.39, 0.29) is 12.0 Å². The van der Waals surface area contributed by atoms with Crippen molar-refractivity contribution in [3.05, 3.63) is 39.6 Å². The first-order valence-electron chi connectivity index (χ1n) is 7.47. The smallest absolute Gasteiger partial charge is 0.228 e. The van der Waals surface area contributed by atoms with Crippen LogP contribution in [0.15, 0.2) is 18.3 Å². The highest BCUT2D eigenvalue weighted by Gasteiger charge is 2.28. The lowest BCUT2D eigenvalue weighted by molar-refractivity contribution is -0.138. The van der Waals surface area contributed by atoms with Crippen LogP contribution in [0, 0.1) is 13.8 Å². The Morgan fingerprint density at radius 1 is 1.45 bits per heavy atom. The first kappa shape index (κ1) is 15.2. The number of morpholine rings is 1. The van der Waals surface area contributed by atoms with Crippen LogP contribution >= 0.6 is 11.3 Å². The first-order chi connectivity index (χ1) is 10.5. The van der Waals surface area contributed by atoms with E-state index in [1.54, 1.807) is 11.3 Å². The molecular formula is C16H21N3O2S. The second-order valence-corrected chi connectivity index (χ2v) is 7.11. The topological polar surface area (TPSA) is 47.4 Å². The van der Waals surface area contributed by atoms with Gasteiger partial charge in [-0.15, -0.1) is 11.3 Å². The lowest BCUT2D eigenvalue weighted by atomic mass is 10.2. The molecule has 1 fully saturated rings. The predicted molar refractivity (Wildman–Crippen MR) is 86.0 cm³/mol. The largest absolute Gasteiger partial charge is 0.367 e. The van der Waals surface area contributed by atoms with E-state index in [9.17, 15) is 4.79 Å². The number of carbonyl (C=O) groups excluding carboxylic acids is 1. The van der Waals surface area contributed by atoms with Gasteiger partial charge in [-0.1, -0.05) is 0 Å². The van der Waals surface area contributed by atoms with Crippen LogP contribution in [0.3, 0.4) is 0 Å². The van der Waals surface area contributed by atoms with Gasteiger partial charge in [0.15, 0.2) is 0 Å². The third kappa shape index (κ3) is 3.23. The molecule has 3 heterocycles. The van der Waals surface area contributed by atoms with Crippen molar-refractivity contribution in [3.8, 4) is 0 Å². The van der Waals surface area contributed by atoms with Crippen molar-refractivity contribution in [1.29, 1.82) is 0 Å². The zero-order valence-corrected chi connectivity index (χ0v) is 14.0. The summed E-state index contributed by atoms with van der Waals surface area (Å²) in [5.41, 5.74) is 0.971. The average Bonchev–Trinajstić information content (AvgIpc) is 3.04. The molecular weight excluding hydrogens is 298 g/mol. The number of hydrogen-bond donors (Lipinski definition) is 0. The molecule has 6 heteroatoms. The average molecular weight is 319 g/mol. The number of nitrogens with zero attached hydrogens (tertiary/aromatic N) is 3. The quantitative estimate of drug-likeness (QED) is 0.872. The fourth-order valence-corrected chi connectivity index (χ4v) is 3.69. The summed E-state index contributed by atoms with van der Waals surface area (Å²) in [4.78, 5) is 21.3. The van der Waals surface area contributed by atoms with Gasteiger partial charge >= 0.3 is 0 Å². The molecule has 5 nitrogen and oxygen atoms in total. The van der Waals surface area contributed by atoms with Crippen LogP contribution < -0.4 is 0 Å².